The minimum Gasteiger partial charge on any atom is -0.457 e. The molecule has 2 aromatic carbocycles. The summed E-state index contributed by atoms with van der Waals surface area (Å²) in [5.41, 5.74) is 0.0680. The smallest absolute Gasteiger partial charge is 0.350 e. The lowest BCUT2D eigenvalue weighted by atomic mass is 9.84. The fraction of sp³-hybridized carbons (Fsp3) is 0.207. The highest BCUT2D eigenvalue weighted by Crippen LogP contribution is 2.54. The van der Waals surface area contributed by atoms with Crippen molar-refractivity contribution in [3.05, 3.63) is 98.4 Å². The highest BCUT2D eigenvalue weighted by molar-refractivity contribution is 7.17. The third kappa shape index (κ3) is 3.21. The number of ether oxygens (including phenoxy) is 1. The van der Waals surface area contributed by atoms with Crippen molar-refractivity contribution in [2.45, 2.75) is 26.3 Å². The van der Waals surface area contributed by atoms with Gasteiger partial charge < -0.3 is 14.1 Å². The van der Waals surface area contributed by atoms with Gasteiger partial charge in [0.05, 0.1) is 22.3 Å². The Labute approximate surface area is 226 Å². The topological polar surface area (TPSA) is 110 Å². The van der Waals surface area contributed by atoms with Gasteiger partial charge in [0.2, 0.25) is 5.76 Å². The lowest BCUT2D eigenvalue weighted by Crippen LogP contribution is -2.53. The van der Waals surface area contributed by atoms with Gasteiger partial charge in [-0.05, 0) is 39.0 Å². The van der Waals surface area contributed by atoms with E-state index in [0.29, 0.717) is 23.5 Å². The van der Waals surface area contributed by atoms with Crippen molar-refractivity contribution in [2.24, 2.45) is 0 Å². The summed E-state index contributed by atoms with van der Waals surface area (Å²) in [6, 6.07) is 12.2. The second kappa shape index (κ2) is 8.74. The predicted octanol–water partition coefficient (Wildman–Crippen LogP) is 4.48. The van der Waals surface area contributed by atoms with Crippen LogP contribution in [0.3, 0.4) is 0 Å². The zero-order valence-electron chi connectivity index (χ0n) is 21.4. The molecular weight excluding hydrogens is 518 g/mol. The number of benzene rings is 2. The number of nitrogens with zero attached hydrogens (tertiary/aromatic N) is 3. The molecular formula is C29H23N3O6S. The molecule has 9 nitrogen and oxygen atoms in total. The minimum absolute atomic E-state index is 0.00524. The third-order valence-corrected chi connectivity index (χ3v) is 8.21. The second-order valence-electron chi connectivity index (χ2n) is 9.35. The van der Waals surface area contributed by atoms with Gasteiger partial charge in [0.25, 0.3) is 11.8 Å². The van der Waals surface area contributed by atoms with E-state index >= 15 is 0 Å². The zero-order chi connectivity index (χ0) is 27.6. The molecule has 0 saturated carbocycles. The van der Waals surface area contributed by atoms with Crippen molar-refractivity contribution in [3.63, 3.8) is 0 Å². The number of amides is 2. The number of rotatable bonds is 5. The van der Waals surface area contributed by atoms with Crippen LogP contribution in [-0.2, 0) is 15.1 Å². The van der Waals surface area contributed by atoms with Crippen LogP contribution >= 0.6 is 11.3 Å². The maximum Gasteiger partial charge on any atom is 0.350 e. The molecule has 2 aliphatic heterocycles. The molecule has 0 saturated heterocycles. The number of hydrogen-bond acceptors (Lipinski definition) is 8. The van der Waals surface area contributed by atoms with Gasteiger partial charge >= 0.3 is 5.97 Å². The van der Waals surface area contributed by atoms with Crippen molar-refractivity contribution in [1.29, 1.82) is 0 Å². The molecule has 1 spiro atoms. The van der Waals surface area contributed by atoms with Gasteiger partial charge in [-0.2, -0.15) is 0 Å². The molecule has 4 heterocycles. The number of carbonyl (C=O) groups is 3. The summed E-state index contributed by atoms with van der Waals surface area (Å²) >= 11 is 0.919. The predicted molar refractivity (Wildman–Crippen MR) is 147 cm³/mol. The van der Waals surface area contributed by atoms with Crippen LogP contribution in [-0.4, -0.2) is 35.9 Å². The van der Waals surface area contributed by atoms with E-state index in [1.54, 1.807) is 54.3 Å². The van der Waals surface area contributed by atoms with Gasteiger partial charge in [0.1, 0.15) is 17.1 Å². The Balaban J connectivity index is 1.69. The van der Waals surface area contributed by atoms with Crippen molar-refractivity contribution >= 4 is 50.9 Å². The first-order valence-corrected chi connectivity index (χ1v) is 13.2. The summed E-state index contributed by atoms with van der Waals surface area (Å²) in [4.78, 5) is 63.0. The average molecular weight is 542 g/mol. The van der Waals surface area contributed by atoms with E-state index in [0.717, 1.165) is 16.9 Å². The summed E-state index contributed by atoms with van der Waals surface area (Å²) in [6.07, 6.45) is 1.45. The standard InChI is InChI=1S/C29H23N3O6S/c1-5-13-37-26(35)24-16(4)30-28(39-24)32-25(34)23-21(22(33)17-14-15(3)11-12-20(17)38-23)29(32)18-9-7-8-10-19(18)31(6-2)27(29)36/h5,7-12,14H,1,6,13H2,2-4H3. The summed E-state index contributed by atoms with van der Waals surface area (Å²) in [6.45, 7) is 9.16. The number of fused-ring (bicyclic) bond motifs is 5. The Bertz CT molecular complexity index is 1800. The van der Waals surface area contributed by atoms with E-state index in [2.05, 4.69) is 11.6 Å². The molecule has 4 aromatic rings. The number of hydrogen-bond donors (Lipinski definition) is 0. The molecule has 196 valence electrons. The maximum atomic E-state index is 14.5. The fourth-order valence-electron chi connectivity index (χ4n) is 5.46. The number of thiazole rings is 1. The molecule has 6 rings (SSSR count). The lowest BCUT2D eigenvalue weighted by Gasteiger charge is -2.32. The first kappa shape index (κ1) is 24.7. The van der Waals surface area contributed by atoms with Crippen LogP contribution in [0.4, 0.5) is 10.8 Å². The summed E-state index contributed by atoms with van der Waals surface area (Å²) in [5.74, 6) is -2.01. The Morgan fingerprint density at radius 3 is 2.69 bits per heavy atom. The molecule has 10 heteroatoms. The first-order chi connectivity index (χ1) is 18.7. The van der Waals surface area contributed by atoms with Crippen LogP contribution in [0.15, 0.2) is 64.3 Å². The average Bonchev–Trinajstić information content (AvgIpc) is 3.51. The number of para-hydroxylation sites is 1. The van der Waals surface area contributed by atoms with E-state index in [1.807, 2.05) is 13.8 Å². The molecule has 0 radical (unpaired) electrons. The molecule has 0 aliphatic carbocycles. The van der Waals surface area contributed by atoms with Crippen molar-refractivity contribution in [1.82, 2.24) is 4.98 Å². The van der Waals surface area contributed by atoms with Crippen molar-refractivity contribution in [3.8, 4) is 0 Å². The van der Waals surface area contributed by atoms with Gasteiger partial charge in [-0.15, -0.1) is 0 Å². The second-order valence-corrected chi connectivity index (χ2v) is 10.3. The van der Waals surface area contributed by atoms with E-state index in [1.165, 1.54) is 11.0 Å². The van der Waals surface area contributed by atoms with E-state index in [4.69, 9.17) is 9.15 Å². The molecule has 0 fully saturated rings. The quantitative estimate of drug-likeness (QED) is 0.271. The normalized spacial score (nSPS) is 17.7. The summed E-state index contributed by atoms with van der Waals surface area (Å²) < 4.78 is 11.3. The third-order valence-electron chi connectivity index (χ3n) is 7.09. The number of aromatic nitrogens is 1. The van der Waals surface area contributed by atoms with E-state index < -0.39 is 28.8 Å². The van der Waals surface area contributed by atoms with Crippen molar-refractivity contribution in [2.75, 3.05) is 23.0 Å². The maximum absolute atomic E-state index is 14.5. The summed E-state index contributed by atoms with van der Waals surface area (Å²) in [7, 11) is 0. The molecule has 2 aliphatic rings. The Hall–Kier alpha value is -4.57. The van der Waals surface area contributed by atoms with Crippen LogP contribution in [0.5, 0.6) is 0 Å². The van der Waals surface area contributed by atoms with Gasteiger partial charge in [-0.3, -0.25) is 19.3 Å². The Morgan fingerprint density at radius 1 is 1.18 bits per heavy atom. The number of esters is 1. The van der Waals surface area contributed by atoms with Crippen LogP contribution in [0.2, 0.25) is 0 Å². The highest BCUT2D eigenvalue weighted by Gasteiger charge is 2.66. The molecule has 0 N–H and O–H groups in total. The van der Waals surface area contributed by atoms with Gasteiger partial charge in [0, 0.05) is 12.1 Å². The Kier molecular flexibility index (Phi) is 5.55. The molecule has 1 unspecified atom stereocenters. The van der Waals surface area contributed by atoms with Gasteiger partial charge in [-0.1, -0.05) is 53.8 Å². The highest BCUT2D eigenvalue weighted by atomic mass is 32.1. The van der Waals surface area contributed by atoms with Crippen LogP contribution < -0.4 is 15.2 Å². The number of anilines is 2. The Morgan fingerprint density at radius 2 is 1.95 bits per heavy atom. The minimum atomic E-state index is -1.86. The van der Waals surface area contributed by atoms with Crippen LogP contribution in [0.1, 0.15) is 49.5 Å². The largest absolute Gasteiger partial charge is 0.457 e. The number of carbonyl (C=O) groups excluding carboxylic acids is 3. The van der Waals surface area contributed by atoms with Gasteiger partial charge in [-0.25, -0.2) is 9.78 Å². The SMILES string of the molecule is C=CCOC(=O)c1sc(N2C(=O)c3oc4ccc(C)cc4c(=O)c3C23C(=O)N(CC)c2ccccc23)nc1C. The van der Waals surface area contributed by atoms with Crippen LogP contribution in [0.25, 0.3) is 11.0 Å². The molecule has 1 atom stereocenters. The lowest BCUT2D eigenvalue weighted by molar-refractivity contribution is -0.121. The fourth-order valence-corrected chi connectivity index (χ4v) is 6.47. The zero-order valence-corrected chi connectivity index (χ0v) is 22.3. The number of aryl methyl sites for hydroxylation is 2. The number of likely N-dealkylation sites (N-methyl/N-ethyl adjacent to an activating group) is 1. The van der Waals surface area contributed by atoms with Crippen molar-refractivity contribution < 1.29 is 23.5 Å². The summed E-state index contributed by atoms with van der Waals surface area (Å²) in [5, 5.41) is 0.349. The van der Waals surface area contributed by atoms with Crippen LogP contribution in [0, 0.1) is 13.8 Å². The van der Waals surface area contributed by atoms with Gasteiger partial charge in [0.15, 0.2) is 16.1 Å². The first-order valence-electron chi connectivity index (χ1n) is 12.3. The van der Waals surface area contributed by atoms with E-state index in [-0.39, 0.29) is 38.9 Å². The molecule has 2 aromatic heterocycles. The van der Waals surface area contributed by atoms with E-state index in [9.17, 15) is 19.2 Å². The molecule has 39 heavy (non-hydrogen) atoms. The molecule has 2 amide bonds. The monoisotopic (exact) mass is 541 g/mol. The molecule has 0 bridgehead atoms.